The number of rotatable bonds is 2. The van der Waals surface area contributed by atoms with Crippen molar-refractivity contribution in [2.75, 3.05) is 0 Å². The van der Waals surface area contributed by atoms with E-state index in [0.29, 0.717) is 24.1 Å². The summed E-state index contributed by atoms with van der Waals surface area (Å²) in [6, 6.07) is 4.89. The van der Waals surface area contributed by atoms with Gasteiger partial charge in [0.15, 0.2) is 0 Å². The Morgan fingerprint density at radius 3 is 2.83 bits per heavy atom. The average molecular weight is 251 g/mol. The summed E-state index contributed by atoms with van der Waals surface area (Å²) in [6.07, 6.45) is 6.96. The third kappa shape index (κ3) is 2.41. The van der Waals surface area contributed by atoms with E-state index in [1.807, 2.05) is 0 Å². The van der Waals surface area contributed by atoms with Crippen LogP contribution >= 0.6 is 0 Å². The SMILES string of the molecule is Fc1ccc(CC2CCC3CCCC3N2)c(F)c1. The minimum atomic E-state index is -0.497. The number of nitrogens with one attached hydrogen (secondary N) is 1. The van der Waals surface area contributed by atoms with Crippen molar-refractivity contribution >= 4 is 0 Å². The van der Waals surface area contributed by atoms with Crippen molar-refractivity contribution < 1.29 is 8.78 Å². The number of hydrogen-bond donors (Lipinski definition) is 1. The summed E-state index contributed by atoms with van der Waals surface area (Å²) >= 11 is 0. The normalized spacial score (nSPS) is 31.3. The minimum Gasteiger partial charge on any atom is -0.311 e. The molecule has 98 valence electrons. The van der Waals surface area contributed by atoms with E-state index in [-0.39, 0.29) is 0 Å². The first kappa shape index (κ1) is 12.1. The summed E-state index contributed by atoms with van der Waals surface area (Å²) in [6.45, 7) is 0. The van der Waals surface area contributed by atoms with Gasteiger partial charge in [0.1, 0.15) is 11.6 Å². The van der Waals surface area contributed by atoms with Gasteiger partial charge in [-0.15, -0.1) is 0 Å². The van der Waals surface area contributed by atoms with E-state index in [4.69, 9.17) is 0 Å². The maximum absolute atomic E-state index is 13.6. The molecular formula is C15H19F2N. The van der Waals surface area contributed by atoms with Gasteiger partial charge in [0, 0.05) is 18.2 Å². The first-order chi connectivity index (χ1) is 8.72. The van der Waals surface area contributed by atoms with Crippen LogP contribution in [0, 0.1) is 17.6 Å². The topological polar surface area (TPSA) is 12.0 Å². The molecular weight excluding hydrogens is 232 g/mol. The zero-order chi connectivity index (χ0) is 12.5. The van der Waals surface area contributed by atoms with Crippen LogP contribution in [0.25, 0.3) is 0 Å². The Labute approximate surface area is 107 Å². The molecule has 1 saturated heterocycles. The molecule has 3 rings (SSSR count). The maximum atomic E-state index is 13.6. The van der Waals surface area contributed by atoms with Crippen molar-refractivity contribution in [2.24, 2.45) is 5.92 Å². The summed E-state index contributed by atoms with van der Waals surface area (Å²) in [5.74, 6) is -0.0756. The highest BCUT2D eigenvalue weighted by Gasteiger charge is 2.33. The van der Waals surface area contributed by atoms with Crippen molar-refractivity contribution in [3.63, 3.8) is 0 Å². The Kier molecular flexibility index (Phi) is 3.33. The van der Waals surface area contributed by atoms with Gasteiger partial charge >= 0.3 is 0 Å². The monoisotopic (exact) mass is 251 g/mol. The molecule has 3 unspecified atom stereocenters. The Bertz CT molecular complexity index is 433. The first-order valence-electron chi connectivity index (χ1n) is 6.92. The van der Waals surface area contributed by atoms with Gasteiger partial charge in [-0.3, -0.25) is 0 Å². The van der Waals surface area contributed by atoms with Crippen LogP contribution < -0.4 is 5.32 Å². The molecule has 0 bridgehead atoms. The number of fused-ring (bicyclic) bond motifs is 1. The van der Waals surface area contributed by atoms with Crippen molar-refractivity contribution in [1.82, 2.24) is 5.32 Å². The predicted octanol–water partition coefficient (Wildman–Crippen LogP) is 3.43. The summed E-state index contributed by atoms with van der Waals surface area (Å²) in [4.78, 5) is 0. The molecule has 1 aliphatic carbocycles. The highest BCUT2D eigenvalue weighted by Crippen LogP contribution is 2.34. The zero-order valence-corrected chi connectivity index (χ0v) is 10.5. The van der Waals surface area contributed by atoms with Crippen LogP contribution in [0.15, 0.2) is 18.2 Å². The molecule has 0 amide bonds. The van der Waals surface area contributed by atoms with E-state index >= 15 is 0 Å². The highest BCUT2D eigenvalue weighted by atomic mass is 19.1. The Morgan fingerprint density at radius 1 is 1.11 bits per heavy atom. The molecule has 3 heteroatoms. The van der Waals surface area contributed by atoms with E-state index in [2.05, 4.69) is 5.32 Å². The second kappa shape index (κ2) is 4.96. The minimum absolute atomic E-state index is 0.351. The zero-order valence-electron chi connectivity index (χ0n) is 10.5. The second-order valence-corrected chi connectivity index (χ2v) is 5.68. The van der Waals surface area contributed by atoms with Crippen LogP contribution in [0.5, 0.6) is 0 Å². The quantitative estimate of drug-likeness (QED) is 0.849. The van der Waals surface area contributed by atoms with E-state index in [0.717, 1.165) is 18.4 Å². The molecule has 1 aliphatic heterocycles. The van der Waals surface area contributed by atoms with Gasteiger partial charge in [-0.25, -0.2) is 8.78 Å². The molecule has 1 N–H and O–H groups in total. The fraction of sp³-hybridized carbons (Fsp3) is 0.600. The molecule has 1 nitrogen and oxygen atoms in total. The van der Waals surface area contributed by atoms with E-state index in [9.17, 15) is 8.78 Å². The fourth-order valence-corrected chi connectivity index (χ4v) is 3.52. The number of piperidine rings is 1. The van der Waals surface area contributed by atoms with Crippen LogP contribution in [0.3, 0.4) is 0 Å². The largest absolute Gasteiger partial charge is 0.311 e. The second-order valence-electron chi connectivity index (χ2n) is 5.68. The maximum Gasteiger partial charge on any atom is 0.129 e. The molecule has 2 aliphatic rings. The van der Waals surface area contributed by atoms with Gasteiger partial charge in [0.05, 0.1) is 0 Å². The number of hydrogen-bond acceptors (Lipinski definition) is 1. The molecule has 1 heterocycles. The van der Waals surface area contributed by atoms with Gasteiger partial charge in [0.2, 0.25) is 0 Å². The lowest BCUT2D eigenvalue weighted by atomic mass is 9.87. The Morgan fingerprint density at radius 2 is 2.00 bits per heavy atom. The van der Waals surface area contributed by atoms with Crippen molar-refractivity contribution in [2.45, 2.75) is 50.6 Å². The Balaban J connectivity index is 1.66. The lowest BCUT2D eigenvalue weighted by molar-refractivity contribution is 0.256. The molecule has 1 saturated carbocycles. The molecule has 1 aromatic rings. The lowest BCUT2D eigenvalue weighted by Gasteiger charge is -2.33. The molecule has 0 radical (unpaired) electrons. The van der Waals surface area contributed by atoms with Crippen molar-refractivity contribution in [3.8, 4) is 0 Å². The van der Waals surface area contributed by atoms with E-state index in [1.54, 1.807) is 6.07 Å². The Hall–Kier alpha value is -0.960. The van der Waals surface area contributed by atoms with E-state index < -0.39 is 11.6 Å². The van der Waals surface area contributed by atoms with Crippen molar-refractivity contribution in [3.05, 3.63) is 35.4 Å². The molecule has 0 spiro atoms. The first-order valence-corrected chi connectivity index (χ1v) is 6.92. The number of halogens is 2. The predicted molar refractivity (Wildman–Crippen MR) is 67.3 cm³/mol. The van der Waals surface area contributed by atoms with Gasteiger partial charge in [-0.05, 0) is 49.7 Å². The average Bonchev–Trinajstić information content (AvgIpc) is 2.80. The lowest BCUT2D eigenvalue weighted by Crippen LogP contribution is -2.46. The van der Waals surface area contributed by atoms with Gasteiger partial charge < -0.3 is 5.32 Å². The van der Waals surface area contributed by atoms with Crippen LogP contribution in [0.1, 0.15) is 37.7 Å². The highest BCUT2D eigenvalue weighted by molar-refractivity contribution is 5.20. The van der Waals surface area contributed by atoms with Crippen molar-refractivity contribution in [1.29, 1.82) is 0 Å². The standard InChI is InChI=1S/C15H19F2N/c16-12-6-4-11(14(17)9-12)8-13-7-5-10-2-1-3-15(10)18-13/h4,6,9-10,13,15,18H,1-3,5,7-8H2. The van der Waals surface area contributed by atoms with Gasteiger partial charge in [0.25, 0.3) is 0 Å². The fourth-order valence-electron chi connectivity index (χ4n) is 3.52. The molecule has 2 fully saturated rings. The molecule has 0 aromatic heterocycles. The number of benzene rings is 1. The summed E-state index contributed by atoms with van der Waals surface area (Å²) in [5.41, 5.74) is 0.630. The molecule has 1 aromatic carbocycles. The summed E-state index contributed by atoms with van der Waals surface area (Å²) in [5, 5.41) is 3.65. The van der Waals surface area contributed by atoms with Crippen LogP contribution in [-0.4, -0.2) is 12.1 Å². The van der Waals surface area contributed by atoms with Crippen LogP contribution in [-0.2, 0) is 6.42 Å². The third-order valence-electron chi connectivity index (χ3n) is 4.48. The summed E-state index contributed by atoms with van der Waals surface area (Å²) in [7, 11) is 0. The van der Waals surface area contributed by atoms with Crippen LogP contribution in [0.2, 0.25) is 0 Å². The van der Waals surface area contributed by atoms with Gasteiger partial charge in [-0.2, -0.15) is 0 Å². The van der Waals surface area contributed by atoms with Crippen LogP contribution in [0.4, 0.5) is 8.78 Å². The van der Waals surface area contributed by atoms with E-state index in [1.165, 1.54) is 31.7 Å². The summed E-state index contributed by atoms with van der Waals surface area (Å²) < 4.78 is 26.5. The third-order valence-corrected chi connectivity index (χ3v) is 4.48. The molecule has 3 atom stereocenters. The van der Waals surface area contributed by atoms with Gasteiger partial charge in [-0.1, -0.05) is 12.5 Å². The molecule has 18 heavy (non-hydrogen) atoms. The smallest absolute Gasteiger partial charge is 0.129 e.